The Hall–Kier alpha value is -0.370. The van der Waals surface area contributed by atoms with E-state index in [0.29, 0.717) is 11.6 Å². The van der Waals surface area contributed by atoms with E-state index in [1.54, 1.807) is 7.11 Å². The van der Waals surface area contributed by atoms with Gasteiger partial charge in [0, 0.05) is 18.7 Å². The quantitative estimate of drug-likeness (QED) is 0.821. The van der Waals surface area contributed by atoms with Crippen molar-refractivity contribution in [2.75, 3.05) is 26.8 Å². The number of nitrogens with one attached hydrogen (secondary N) is 2. The Morgan fingerprint density at radius 3 is 2.76 bits per heavy atom. The van der Waals surface area contributed by atoms with E-state index in [1.807, 2.05) is 0 Å². The minimum Gasteiger partial charge on any atom is -0.383 e. The van der Waals surface area contributed by atoms with E-state index < -0.39 is 10.0 Å². The van der Waals surface area contributed by atoms with E-state index in [1.165, 1.54) is 18.2 Å². The van der Waals surface area contributed by atoms with Gasteiger partial charge in [0.25, 0.3) is 0 Å². The number of benzene rings is 1. The zero-order valence-corrected chi connectivity index (χ0v) is 14.0. The molecule has 8 heteroatoms. The highest BCUT2D eigenvalue weighted by molar-refractivity contribution is 7.89. The van der Waals surface area contributed by atoms with Crippen LogP contribution in [0.5, 0.6) is 0 Å². The Morgan fingerprint density at radius 2 is 2.19 bits per heavy atom. The van der Waals surface area contributed by atoms with Crippen molar-refractivity contribution in [2.24, 2.45) is 0 Å². The highest BCUT2D eigenvalue weighted by Crippen LogP contribution is 2.26. The van der Waals surface area contributed by atoms with E-state index in [0.717, 1.165) is 19.4 Å². The third kappa shape index (κ3) is 4.09. The minimum absolute atomic E-state index is 0.0270. The Morgan fingerprint density at radius 1 is 1.43 bits per heavy atom. The predicted octanol–water partition coefficient (Wildman–Crippen LogP) is 2.04. The molecule has 21 heavy (non-hydrogen) atoms. The van der Waals surface area contributed by atoms with Crippen molar-refractivity contribution < 1.29 is 13.2 Å². The number of halogens is 2. The first-order valence-corrected chi connectivity index (χ1v) is 8.81. The van der Waals surface area contributed by atoms with Crippen molar-refractivity contribution in [2.45, 2.75) is 23.3 Å². The van der Waals surface area contributed by atoms with E-state index in [9.17, 15) is 8.42 Å². The van der Waals surface area contributed by atoms with Crippen LogP contribution in [0, 0.1) is 0 Å². The molecule has 0 bridgehead atoms. The smallest absolute Gasteiger partial charge is 0.242 e. The second kappa shape index (κ2) is 6.81. The summed E-state index contributed by atoms with van der Waals surface area (Å²) in [6.07, 6.45) is 1.85. The number of ether oxygens (including phenoxy) is 1. The molecule has 5 nitrogen and oxygen atoms in total. The molecule has 1 atom stereocenters. The van der Waals surface area contributed by atoms with Gasteiger partial charge < -0.3 is 10.1 Å². The molecule has 1 heterocycles. The highest BCUT2D eigenvalue weighted by atomic mass is 35.5. The standard InChI is InChI=1S/C13H18Cl2N2O3S/c1-20-9-13(5-2-6-16-13)8-17-21(18,19)12-4-3-10(14)7-11(12)15/h3-4,7,16-17H,2,5-6,8-9H2,1H3. The van der Waals surface area contributed by atoms with Crippen LogP contribution in [0.3, 0.4) is 0 Å². The van der Waals surface area contributed by atoms with E-state index in [2.05, 4.69) is 10.0 Å². The molecule has 0 amide bonds. The van der Waals surface area contributed by atoms with E-state index in [4.69, 9.17) is 27.9 Å². The topological polar surface area (TPSA) is 67.4 Å². The molecule has 0 radical (unpaired) electrons. The van der Waals surface area contributed by atoms with E-state index >= 15 is 0 Å². The van der Waals surface area contributed by atoms with Crippen molar-refractivity contribution >= 4 is 33.2 Å². The number of hydrogen-bond acceptors (Lipinski definition) is 4. The van der Waals surface area contributed by atoms with Crippen LogP contribution in [0.2, 0.25) is 10.0 Å². The van der Waals surface area contributed by atoms with Crippen LogP contribution in [-0.4, -0.2) is 40.8 Å². The van der Waals surface area contributed by atoms with Gasteiger partial charge >= 0.3 is 0 Å². The predicted molar refractivity (Wildman–Crippen MR) is 83.5 cm³/mol. The zero-order chi connectivity index (χ0) is 15.5. The third-order valence-electron chi connectivity index (χ3n) is 3.54. The fraction of sp³-hybridized carbons (Fsp3) is 0.538. The minimum atomic E-state index is -3.69. The number of methoxy groups -OCH3 is 1. The van der Waals surface area contributed by atoms with Crippen molar-refractivity contribution in [1.29, 1.82) is 0 Å². The van der Waals surface area contributed by atoms with Crippen molar-refractivity contribution in [3.8, 4) is 0 Å². The van der Waals surface area contributed by atoms with Crippen molar-refractivity contribution in [1.82, 2.24) is 10.0 Å². The first-order valence-electron chi connectivity index (χ1n) is 6.57. The van der Waals surface area contributed by atoms with Gasteiger partial charge in [-0.15, -0.1) is 0 Å². The van der Waals surface area contributed by atoms with Crippen LogP contribution < -0.4 is 10.0 Å². The number of sulfonamides is 1. The molecule has 2 N–H and O–H groups in total. The summed E-state index contributed by atoms with van der Waals surface area (Å²) in [4.78, 5) is 0.0270. The largest absolute Gasteiger partial charge is 0.383 e. The SMILES string of the molecule is COCC1(CNS(=O)(=O)c2ccc(Cl)cc2Cl)CCCN1. The fourth-order valence-corrected chi connectivity index (χ4v) is 4.37. The summed E-state index contributed by atoms with van der Waals surface area (Å²) in [5, 5.41) is 3.82. The number of hydrogen-bond donors (Lipinski definition) is 2. The molecule has 1 saturated heterocycles. The third-order valence-corrected chi connectivity index (χ3v) is 5.66. The van der Waals surface area contributed by atoms with Gasteiger partial charge in [0.15, 0.2) is 0 Å². The van der Waals surface area contributed by atoms with Crippen LogP contribution in [-0.2, 0) is 14.8 Å². The highest BCUT2D eigenvalue weighted by Gasteiger charge is 2.35. The summed E-state index contributed by atoms with van der Waals surface area (Å²) in [5.41, 5.74) is -0.360. The summed E-state index contributed by atoms with van der Waals surface area (Å²) in [6, 6.07) is 4.31. The average molecular weight is 353 g/mol. The Kier molecular flexibility index (Phi) is 5.51. The molecule has 1 aromatic carbocycles. The maximum absolute atomic E-state index is 12.4. The lowest BCUT2D eigenvalue weighted by atomic mass is 9.99. The van der Waals surface area contributed by atoms with Crippen molar-refractivity contribution in [3.05, 3.63) is 28.2 Å². The molecule has 1 aromatic rings. The molecule has 1 fully saturated rings. The summed E-state index contributed by atoms with van der Waals surface area (Å²) < 4.78 is 32.5. The van der Waals surface area contributed by atoms with Gasteiger partial charge in [-0.25, -0.2) is 13.1 Å². The Labute approximate surface area is 135 Å². The fourth-order valence-electron chi connectivity index (χ4n) is 2.47. The Bertz CT molecular complexity index is 601. The zero-order valence-electron chi connectivity index (χ0n) is 11.7. The second-order valence-electron chi connectivity index (χ2n) is 5.14. The van der Waals surface area contributed by atoms with Gasteiger partial charge in [-0.2, -0.15) is 0 Å². The van der Waals surface area contributed by atoms with Crippen molar-refractivity contribution in [3.63, 3.8) is 0 Å². The molecule has 1 aliphatic heterocycles. The summed E-state index contributed by atoms with van der Waals surface area (Å²) in [5.74, 6) is 0. The molecule has 0 saturated carbocycles. The Balaban J connectivity index is 2.14. The van der Waals surface area contributed by atoms with E-state index in [-0.39, 0.29) is 22.0 Å². The van der Waals surface area contributed by atoms with Crippen LogP contribution in [0.1, 0.15) is 12.8 Å². The molecule has 0 aromatic heterocycles. The monoisotopic (exact) mass is 352 g/mol. The molecular weight excluding hydrogens is 335 g/mol. The van der Waals surface area contributed by atoms with Crippen LogP contribution in [0.25, 0.3) is 0 Å². The van der Waals surface area contributed by atoms with Gasteiger partial charge in [-0.3, -0.25) is 0 Å². The summed E-state index contributed by atoms with van der Waals surface area (Å²) in [7, 11) is -2.08. The molecule has 118 valence electrons. The first kappa shape index (κ1) is 17.0. The maximum Gasteiger partial charge on any atom is 0.242 e. The molecular formula is C13H18Cl2N2O3S. The maximum atomic E-state index is 12.4. The molecule has 0 spiro atoms. The molecule has 1 aliphatic rings. The molecule has 0 aliphatic carbocycles. The molecule has 1 unspecified atom stereocenters. The second-order valence-corrected chi connectivity index (χ2v) is 7.72. The van der Waals surface area contributed by atoms with Gasteiger partial charge in [-0.1, -0.05) is 23.2 Å². The van der Waals surface area contributed by atoms with Crippen LogP contribution in [0.15, 0.2) is 23.1 Å². The normalized spacial score (nSPS) is 22.6. The summed E-state index contributed by atoms with van der Waals surface area (Å²) >= 11 is 11.7. The summed E-state index contributed by atoms with van der Waals surface area (Å²) in [6.45, 7) is 1.55. The van der Waals surface area contributed by atoms with Gasteiger partial charge in [0.2, 0.25) is 10.0 Å². The number of rotatable bonds is 6. The van der Waals surface area contributed by atoms with Gasteiger partial charge in [-0.05, 0) is 37.6 Å². The van der Waals surface area contributed by atoms with Gasteiger partial charge in [0.1, 0.15) is 4.90 Å². The molecule has 2 rings (SSSR count). The lowest BCUT2D eigenvalue weighted by Crippen LogP contribution is -2.52. The van der Waals surface area contributed by atoms with Gasteiger partial charge in [0.05, 0.1) is 17.2 Å². The lowest BCUT2D eigenvalue weighted by Gasteiger charge is -2.28. The van der Waals surface area contributed by atoms with Crippen LogP contribution >= 0.6 is 23.2 Å². The lowest BCUT2D eigenvalue weighted by molar-refractivity contribution is 0.122. The van der Waals surface area contributed by atoms with Crippen LogP contribution in [0.4, 0.5) is 0 Å². The average Bonchev–Trinajstić information content (AvgIpc) is 2.86. The first-order chi connectivity index (χ1) is 9.88.